The highest BCUT2D eigenvalue weighted by molar-refractivity contribution is 5.90. The highest BCUT2D eigenvalue weighted by Gasteiger charge is 2.12. The first-order valence-electron chi connectivity index (χ1n) is 9.18. The third kappa shape index (κ3) is 6.00. The molecule has 0 aliphatic carbocycles. The Bertz CT molecular complexity index is 782. The summed E-state index contributed by atoms with van der Waals surface area (Å²) in [5.41, 5.74) is 0.391. The molecule has 0 aliphatic rings. The maximum absolute atomic E-state index is 11.6. The van der Waals surface area contributed by atoms with E-state index in [1.807, 2.05) is 6.92 Å². The number of hydrogen-bond acceptors (Lipinski definition) is 8. The largest absolute Gasteiger partial charge is 0.493 e. The molecule has 2 rings (SSSR count). The van der Waals surface area contributed by atoms with Crippen LogP contribution in [0.4, 0.5) is 5.82 Å². The number of nitrogens with zero attached hydrogens (tertiary/aromatic N) is 2. The van der Waals surface area contributed by atoms with Crippen LogP contribution in [-0.4, -0.2) is 49.9 Å². The molecule has 2 aromatic rings. The van der Waals surface area contributed by atoms with Crippen molar-refractivity contribution < 1.29 is 23.7 Å². The molecule has 0 spiro atoms. The smallest absolute Gasteiger partial charge is 0.337 e. The van der Waals surface area contributed by atoms with E-state index >= 15 is 0 Å². The summed E-state index contributed by atoms with van der Waals surface area (Å²) in [7, 11) is 2.84. The molecule has 8 heteroatoms. The minimum absolute atomic E-state index is 0.288. The van der Waals surface area contributed by atoms with Crippen molar-refractivity contribution in [1.29, 1.82) is 0 Å². The van der Waals surface area contributed by atoms with Crippen molar-refractivity contribution in [2.45, 2.75) is 26.7 Å². The van der Waals surface area contributed by atoms with Crippen molar-refractivity contribution in [2.75, 3.05) is 39.3 Å². The highest BCUT2D eigenvalue weighted by Crippen LogP contribution is 2.28. The van der Waals surface area contributed by atoms with Gasteiger partial charge < -0.3 is 24.3 Å². The Labute approximate surface area is 165 Å². The van der Waals surface area contributed by atoms with Crippen molar-refractivity contribution >= 4 is 11.8 Å². The number of carbonyl (C=O) groups is 1. The number of benzene rings is 1. The maximum atomic E-state index is 11.6. The standard InChI is InChI=1S/C20H27N3O5/c1-5-6-9-21-19-18(13-22-14(2)23-19)28-11-10-27-16-8-7-15(20(24)26-4)12-17(16)25-3/h7-8,12-13H,5-6,9-11H2,1-4H3,(H,21,22,23). The van der Waals surface area contributed by atoms with Gasteiger partial charge in [0.05, 0.1) is 26.0 Å². The molecule has 152 valence electrons. The molecule has 0 saturated carbocycles. The normalized spacial score (nSPS) is 10.3. The first-order valence-corrected chi connectivity index (χ1v) is 9.18. The van der Waals surface area contributed by atoms with E-state index in [2.05, 4.69) is 22.2 Å². The minimum atomic E-state index is -0.435. The summed E-state index contributed by atoms with van der Waals surface area (Å²) in [5.74, 6) is 2.47. The molecule has 0 aliphatic heterocycles. The van der Waals surface area contributed by atoms with Gasteiger partial charge >= 0.3 is 5.97 Å². The van der Waals surface area contributed by atoms with Crippen LogP contribution in [0.3, 0.4) is 0 Å². The Morgan fingerprint density at radius 2 is 1.86 bits per heavy atom. The number of ether oxygens (including phenoxy) is 4. The van der Waals surface area contributed by atoms with Gasteiger partial charge in [-0.25, -0.2) is 14.8 Å². The van der Waals surface area contributed by atoms with Crippen LogP contribution in [0.1, 0.15) is 35.9 Å². The van der Waals surface area contributed by atoms with E-state index in [0.29, 0.717) is 41.1 Å². The molecule has 1 N–H and O–H groups in total. The van der Waals surface area contributed by atoms with E-state index in [9.17, 15) is 4.79 Å². The van der Waals surface area contributed by atoms with E-state index in [1.165, 1.54) is 14.2 Å². The molecule has 1 heterocycles. The van der Waals surface area contributed by atoms with Crippen LogP contribution in [0.5, 0.6) is 17.2 Å². The lowest BCUT2D eigenvalue weighted by Gasteiger charge is -2.14. The van der Waals surface area contributed by atoms with Crippen LogP contribution in [0.2, 0.25) is 0 Å². The van der Waals surface area contributed by atoms with Gasteiger partial charge in [-0.15, -0.1) is 0 Å². The minimum Gasteiger partial charge on any atom is -0.493 e. The monoisotopic (exact) mass is 389 g/mol. The van der Waals surface area contributed by atoms with Crippen LogP contribution in [-0.2, 0) is 4.74 Å². The van der Waals surface area contributed by atoms with Gasteiger partial charge in [-0.1, -0.05) is 13.3 Å². The number of nitrogens with one attached hydrogen (secondary N) is 1. The fraction of sp³-hybridized carbons (Fsp3) is 0.450. The van der Waals surface area contributed by atoms with Crippen LogP contribution in [0, 0.1) is 6.92 Å². The average molecular weight is 389 g/mol. The van der Waals surface area contributed by atoms with E-state index in [1.54, 1.807) is 24.4 Å². The molecule has 8 nitrogen and oxygen atoms in total. The molecule has 0 atom stereocenters. The first kappa shape index (κ1) is 21.3. The van der Waals surface area contributed by atoms with E-state index < -0.39 is 5.97 Å². The predicted octanol–water partition coefficient (Wildman–Crippen LogP) is 3.25. The van der Waals surface area contributed by atoms with Crippen LogP contribution < -0.4 is 19.5 Å². The topological polar surface area (TPSA) is 91.8 Å². The summed E-state index contributed by atoms with van der Waals surface area (Å²) in [4.78, 5) is 20.2. The molecule has 0 bridgehead atoms. The number of hydrogen-bond donors (Lipinski definition) is 1. The van der Waals surface area contributed by atoms with E-state index in [-0.39, 0.29) is 6.61 Å². The molecule has 0 unspecified atom stereocenters. The predicted molar refractivity (Wildman–Crippen MR) is 105 cm³/mol. The van der Waals surface area contributed by atoms with Gasteiger partial charge in [-0.05, 0) is 31.5 Å². The van der Waals surface area contributed by atoms with Crippen LogP contribution >= 0.6 is 0 Å². The van der Waals surface area contributed by atoms with Crippen molar-refractivity contribution in [3.63, 3.8) is 0 Å². The second kappa shape index (κ2) is 11.0. The van der Waals surface area contributed by atoms with Gasteiger partial charge in [-0.2, -0.15) is 0 Å². The first-order chi connectivity index (χ1) is 13.6. The van der Waals surface area contributed by atoms with Gasteiger partial charge in [0.1, 0.15) is 19.0 Å². The lowest BCUT2D eigenvalue weighted by molar-refractivity contribution is 0.0600. The van der Waals surface area contributed by atoms with E-state index in [4.69, 9.17) is 18.9 Å². The molecular formula is C20H27N3O5. The number of anilines is 1. The lowest BCUT2D eigenvalue weighted by atomic mass is 10.2. The second-order valence-electron chi connectivity index (χ2n) is 5.96. The molecule has 1 aromatic carbocycles. The zero-order chi connectivity index (χ0) is 20.4. The fourth-order valence-corrected chi connectivity index (χ4v) is 2.41. The Balaban J connectivity index is 1.93. The number of methoxy groups -OCH3 is 2. The molecule has 0 saturated heterocycles. The fourth-order valence-electron chi connectivity index (χ4n) is 2.41. The zero-order valence-corrected chi connectivity index (χ0v) is 16.8. The number of esters is 1. The van der Waals surface area contributed by atoms with Gasteiger partial charge in [0.2, 0.25) is 0 Å². The Morgan fingerprint density at radius 1 is 1.11 bits per heavy atom. The second-order valence-corrected chi connectivity index (χ2v) is 5.96. The van der Waals surface area contributed by atoms with Gasteiger partial charge in [0.15, 0.2) is 23.1 Å². The third-order valence-electron chi connectivity index (χ3n) is 3.88. The Kier molecular flexibility index (Phi) is 8.33. The Morgan fingerprint density at radius 3 is 2.54 bits per heavy atom. The average Bonchev–Trinajstić information content (AvgIpc) is 2.72. The Hall–Kier alpha value is -3.03. The molecular weight excluding hydrogens is 362 g/mol. The number of carbonyl (C=O) groups excluding carboxylic acids is 1. The van der Waals surface area contributed by atoms with Gasteiger partial charge in [-0.3, -0.25) is 0 Å². The summed E-state index contributed by atoms with van der Waals surface area (Å²) in [5, 5.41) is 3.27. The molecule has 0 radical (unpaired) electrons. The summed E-state index contributed by atoms with van der Waals surface area (Å²) in [6.45, 7) is 5.38. The van der Waals surface area contributed by atoms with Crippen LogP contribution in [0.15, 0.2) is 24.4 Å². The van der Waals surface area contributed by atoms with Crippen molar-refractivity contribution in [1.82, 2.24) is 9.97 Å². The van der Waals surface area contributed by atoms with Crippen molar-refractivity contribution in [3.05, 3.63) is 35.8 Å². The van der Waals surface area contributed by atoms with E-state index in [0.717, 1.165) is 19.4 Å². The summed E-state index contributed by atoms with van der Waals surface area (Å²) >= 11 is 0. The number of aryl methyl sites for hydroxylation is 1. The van der Waals surface area contributed by atoms with Crippen molar-refractivity contribution in [2.24, 2.45) is 0 Å². The lowest BCUT2D eigenvalue weighted by Crippen LogP contribution is -2.13. The zero-order valence-electron chi connectivity index (χ0n) is 16.8. The maximum Gasteiger partial charge on any atom is 0.337 e. The van der Waals surface area contributed by atoms with Crippen molar-refractivity contribution in [3.8, 4) is 17.2 Å². The quantitative estimate of drug-likeness (QED) is 0.463. The molecule has 0 fully saturated rings. The summed E-state index contributed by atoms with van der Waals surface area (Å²) in [6.07, 6.45) is 3.80. The summed E-state index contributed by atoms with van der Waals surface area (Å²) in [6, 6.07) is 4.86. The van der Waals surface area contributed by atoms with Crippen LogP contribution in [0.25, 0.3) is 0 Å². The van der Waals surface area contributed by atoms with Gasteiger partial charge in [0.25, 0.3) is 0 Å². The molecule has 1 aromatic heterocycles. The van der Waals surface area contributed by atoms with Gasteiger partial charge in [0, 0.05) is 6.54 Å². The number of unbranched alkanes of at least 4 members (excludes halogenated alkanes) is 1. The third-order valence-corrected chi connectivity index (χ3v) is 3.88. The highest BCUT2D eigenvalue weighted by atomic mass is 16.5. The summed E-state index contributed by atoms with van der Waals surface area (Å²) < 4.78 is 21.5. The molecule has 28 heavy (non-hydrogen) atoms. The number of rotatable bonds is 11. The number of aromatic nitrogens is 2. The SMILES string of the molecule is CCCCNc1nc(C)ncc1OCCOc1ccc(C(=O)OC)cc1OC. The molecule has 0 amide bonds.